The van der Waals surface area contributed by atoms with E-state index in [1.807, 2.05) is 0 Å². The molecule has 34 heavy (non-hydrogen) atoms. The molecular weight excluding hydrogens is 443 g/mol. The predicted molar refractivity (Wildman–Crippen MR) is 120 cm³/mol. The summed E-state index contributed by atoms with van der Waals surface area (Å²) in [5.74, 6) is -6.39. The molecule has 0 aromatic heterocycles. The topological polar surface area (TPSA) is 147 Å². The van der Waals surface area contributed by atoms with E-state index in [0.29, 0.717) is 17.5 Å². The van der Waals surface area contributed by atoms with Gasteiger partial charge in [-0.3, -0.25) is 19.2 Å². The van der Waals surface area contributed by atoms with Gasteiger partial charge in [0, 0.05) is 5.92 Å². The molecule has 3 rings (SSSR count). The molecule has 1 saturated carbocycles. The second-order valence-corrected chi connectivity index (χ2v) is 8.57. The monoisotopic (exact) mass is 470 g/mol. The maximum Gasteiger partial charge on any atom is 0.318 e. The number of hydrogen-bond acceptors (Lipinski definition) is 4. The minimum Gasteiger partial charge on any atom is -0.481 e. The van der Waals surface area contributed by atoms with Crippen molar-refractivity contribution in [3.63, 3.8) is 0 Å². The largest absolute Gasteiger partial charge is 0.481 e. The van der Waals surface area contributed by atoms with Crippen LogP contribution in [0.3, 0.4) is 0 Å². The SMILES string of the molecule is NC(=O)[C@@H](NC(=O)[C@@H]1CCCC[C@H]1c1ccc(CC(C(=O)O)C(=O)O)cc1)c1ccc(F)cc1. The van der Waals surface area contributed by atoms with E-state index in [1.165, 1.54) is 24.3 Å². The summed E-state index contributed by atoms with van der Waals surface area (Å²) in [5, 5.41) is 20.9. The molecular formula is C25H27FN2O6. The lowest BCUT2D eigenvalue weighted by Gasteiger charge is -2.32. The highest BCUT2D eigenvalue weighted by Gasteiger charge is 2.34. The number of carboxylic acid groups (broad SMARTS) is 2. The molecule has 2 aromatic carbocycles. The first kappa shape index (κ1) is 24.9. The number of carbonyl (C=O) groups is 4. The number of aliphatic carboxylic acids is 2. The number of halogens is 1. The number of primary amides is 1. The Morgan fingerprint density at radius 3 is 2.09 bits per heavy atom. The van der Waals surface area contributed by atoms with Gasteiger partial charge in [0.05, 0.1) is 0 Å². The van der Waals surface area contributed by atoms with E-state index in [-0.39, 0.29) is 18.2 Å². The van der Waals surface area contributed by atoms with Crippen molar-refractivity contribution >= 4 is 23.8 Å². The summed E-state index contributed by atoms with van der Waals surface area (Å²) in [5.41, 5.74) is 7.34. The number of carboxylic acids is 2. The Morgan fingerprint density at radius 2 is 1.53 bits per heavy atom. The zero-order valence-corrected chi connectivity index (χ0v) is 18.4. The van der Waals surface area contributed by atoms with Gasteiger partial charge in [0.1, 0.15) is 11.9 Å². The van der Waals surface area contributed by atoms with Crippen molar-refractivity contribution in [2.75, 3.05) is 0 Å². The number of carbonyl (C=O) groups excluding carboxylic acids is 2. The Hall–Kier alpha value is -3.75. The lowest BCUT2D eigenvalue weighted by atomic mass is 9.74. The van der Waals surface area contributed by atoms with Crippen LogP contribution < -0.4 is 11.1 Å². The molecule has 8 nitrogen and oxygen atoms in total. The Balaban J connectivity index is 1.76. The molecule has 0 unspecified atom stereocenters. The molecule has 0 heterocycles. The number of amides is 2. The molecule has 2 aromatic rings. The normalized spacial score (nSPS) is 18.8. The molecule has 180 valence electrons. The van der Waals surface area contributed by atoms with Gasteiger partial charge in [-0.2, -0.15) is 0 Å². The maximum atomic E-state index is 13.3. The average Bonchev–Trinajstić information content (AvgIpc) is 2.81. The van der Waals surface area contributed by atoms with Crippen LogP contribution in [0, 0.1) is 17.7 Å². The van der Waals surface area contributed by atoms with E-state index >= 15 is 0 Å². The summed E-state index contributed by atoms with van der Waals surface area (Å²) in [6.07, 6.45) is 3.00. The molecule has 9 heteroatoms. The van der Waals surface area contributed by atoms with E-state index < -0.39 is 41.5 Å². The minimum absolute atomic E-state index is 0.126. The number of nitrogens with two attached hydrogens (primary N) is 1. The van der Waals surface area contributed by atoms with Crippen molar-refractivity contribution in [2.45, 2.75) is 44.1 Å². The van der Waals surface area contributed by atoms with Gasteiger partial charge in [-0.15, -0.1) is 0 Å². The summed E-state index contributed by atoms with van der Waals surface area (Å²) in [6, 6.07) is 11.1. The van der Waals surface area contributed by atoms with E-state index in [2.05, 4.69) is 5.32 Å². The fourth-order valence-corrected chi connectivity index (χ4v) is 4.48. The minimum atomic E-state index is -1.53. The zero-order valence-electron chi connectivity index (χ0n) is 18.4. The van der Waals surface area contributed by atoms with E-state index in [4.69, 9.17) is 15.9 Å². The van der Waals surface area contributed by atoms with Crippen LogP contribution in [-0.2, 0) is 25.6 Å². The Kier molecular flexibility index (Phi) is 7.99. The van der Waals surface area contributed by atoms with Gasteiger partial charge in [0.25, 0.3) is 0 Å². The van der Waals surface area contributed by atoms with Gasteiger partial charge in [-0.05, 0) is 54.0 Å². The summed E-state index contributed by atoms with van der Waals surface area (Å²) >= 11 is 0. The number of nitrogens with one attached hydrogen (secondary N) is 1. The van der Waals surface area contributed by atoms with E-state index in [9.17, 15) is 23.6 Å². The van der Waals surface area contributed by atoms with E-state index in [0.717, 1.165) is 24.8 Å². The summed E-state index contributed by atoms with van der Waals surface area (Å²) in [6.45, 7) is 0. The number of hydrogen-bond donors (Lipinski definition) is 4. The van der Waals surface area contributed by atoms with Crippen LogP contribution in [-0.4, -0.2) is 34.0 Å². The molecule has 0 bridgehead atoms. The highest BCUT2D eigenvalue weighted by atomic mass is 19.1. The molecule has 1 aliphatic carbocycles. The van der Waals surface area contributed by atoms with Gasteiger partial charge in [-0.25, -0.2) is 4.39 Å². The molecule has 2 amide bonds. The van der Waals surface area contributed by atoms with Crippen molar-refractivity contribution in [1.29, 1.82) is 0 Å². The van der Waals surface area contributed by atoms with Gasteiger partial charge < -0.3 is 21.3 Å². The van der Waals surface area contributed by atoms with Crippen LogP contribution in [0.15, 0.2) is 48.5 Å². The summed E-state index contributed by atoms with van der Waals surface area (Å²) < 4.78 is 13.3. The van der Waals surface area contributed by atoms with Crippen molar-refractivity contribution in [2.24, 2.45) is 17.6 Å². The second-order valence-electron chi connectivity index (χ2n) is 8.57. The Labute approximate surface area is 196 Å². The number of benzene rings is 2. The Morgan fingerprint density at radius 1 is 0.941 bits per heavy atom. The average molecular weight is 470 g/mol. The quantitative estimate of drug-likeness (QED) is 0.415. The lowest BCUT2D eigenvalue weighted by molar-refractivity contribution is -0.154. The Bertz CT molecular complexity index is 1040. The fraction of sp³-hybridized carbons (Fsp3) is 0.360. The molecule has 1 fully saturated rings. The van der Waals surface area contributed by atoms with Crippen LogP contribution in [0.2, 0.25) is 0 Å². The van der Waals surface area contributed by atoms with Crippen molar-refractivity contribution in [3.05, 3.63) is 71.0 Å². The lowest BCUT2D eigenvalue weighted by Crippen LogP contribution is -2.42. The van der Waals surface area contributed by atoms with Gasteiger partial charge in [0.2, 0.25) is 11.8 Å². The third kappa shape index (κ3) is 5.98. The first-order chi connectivity index (χ1) is 16.2. The van der Waals surface area contributed by atoms with Crippen LogP contribution in [0.25, 0.3) is 0 Å². The second kappa shape index (κ2) is 10.9. The zero-order chi connectivity index (χ0) is 24.8. The molecule has 5 N–H and O–H groups in total. The smallest absolute Gasteiger partial charge is 0.318 e. The van der Waals surface area contributed by atoms with E-state index in [1.54, 1.807) is 24.3 Å². The third-order valence-corrected chi connectivity index (χ3v) is 6.32. The summed E-state index contributed by atoms with van der Waals surface area (Å²) in [4.78, 5) is 47.5. The van der Waals surface area contributed by atoms with Crippen molar-refractivity contribution in [1.82, 2.24) is 5.32 Å². The third-order valence-electron chi connectivity index (χ3n) is 6.32. The number of rotatable bonds is 9. The van der Waals surface area contributed by atoms with Gasteiger partial charge in [0.15, 0.2) is 5.92 Å². The molecule has 0 saturated heterocycles. The summed E-state index contributed by atoms with van der Waals surface area (Å²) in [7, 11) is 0. The van der Waals surface area contributed by atoms with Gasteiger partial charge in [-0.1, -0.05) is 49.2 Å². The molecule has 0 radical (unpaired) electrons. The van der Waals surface area contributed by atoms with Crippen LogP contribution >= 0.6 is 0 Å². The standard InChI is InChI=1S/C25H27FN2O6/c26-17-11-9-16(10-12-17)21(22(27)29)28-23(30)19-4-2-1-3-18(19)15-7-5-14(6-8-15)13-20(24(31)32)25(33)34/h5-12,18-21H,1-4,13H2,(H2,27,29)(H,28,30)(H,31,32)(H,33,34)/t18-,19+,21-/m0/s1. The molecule has 1 aliphatic rings. The van der Waals surface area contributed by atoms with Gasteiger partial charge >= 0.3 is 11.9 Å². The van der Waals surface area contributed by atoms with Crippen molar-refractivity contribution < 1.29 is 33.8 Å². The highest BCUT2D eigenvalue weighted by molar-refractivity contribution is 5.93. The van der Waals surface area contributed by atoms with Crippen molar-refractivity contribution in [3.8, 4) is 0 Å². The van der Waals surface area contributed by atoms with Crippen LogP contribution in [0.4, 0.5) is 4.39 Å². The fourth-order valence-electron chi connectivity index (χ4n) is 4.48. The maximum absolute atomic E-state index is 13.3. The van der Waals surface area contributed by atoms with Crippen LogP contribution in [0.5, 0.6) is 0 Å². The molecule has 0 spiro atoms. The predicted octanol–water partition coefficient (Wildman–Crippen LogP) is 2.77. The molecule has 3 atom stereocenters. The first-order valence-corrected chi connectivity index (χ1v) is 11.1. The molecule has 0 aliphatic heterocycles. The first-order valence-electron chi connectivity index (χ1n) is 11.1. The highest BCUT2D eigenvalue weighted by Crippen LogP contribution is 2.38. The van der Waals surface area contributed by atoms with Crippen LogP contribution in [0.1, 0.15) is 54.3 Å².